The Labute approximate surface area is 114 Å². The van der Waals surface area contributed by atoms with Crippen molar-refractivity contribution in [3.05, 3.63) is 23.8 Å². The van der Waals surface area contributed by atoms with E-state index in [1.165, 1.54) is 6.42 Å². The number of nitrogens with one attached hydrogen (secondary N) is 1. The van der Waals surface area contributed by atoms with Gasteiger partial charge in [-0.25, -0.2) is 0 Å². The highest BCUT2D eigenvalue weighted by Crippen LogP contribution is 2.35. The number of amides is 1. The molecule has 0 bridgehead atoms. The van der Waals surface area contributed by atoms with Crippen LogP contribution in [-0.4, -0.2) is 22.4 Å². The van der Waals surface area contributed by atoms with E-state index < -0.39 is 0 Å². The summed E-state index contributed by atoms with van der Waals surface area (Å²) in [6.07, 6.45) is 8.60. The van der Waals surface area contributed by atoms with Crippen molar-refractivity contribution in [1.82, 2.24) is 15.3 Å². The van der Waals surface area contributed by atoms with E-state index in [1.54, 1.807) is 12.4 Å². The molecule has 1 amide bonds. The summed E-state index contributed by atoms with van der Waals surface area (Å²) in [4.78, 5) is 20.8. The molecule has 0 spiro atoms. The van der Waals surface area contributed by atoms with E-state index in [-0.39, 0.29) is 11.3 Å². The molecule has 1 aliphatic carbocycles. The quantitative estimate of drug-likeness (QED) is 0.857. The lowest BCUT2D eigenvalue weighted by atomic mass is 9.73. The Morgan fingerprint density at radius 3 is 2.63 bits per heavy atom. The number of aromatic nitrogens is 2. The van der Waals surface area contributed by atoms with E-state index in [1.807, 2.05) is 6.92 Å². The standard InChI is InChI=1S/C14H22N4O/c1-11-7-17-12(8-16-11)9-18-13(19)14(10-15)5-3-2-4-6-14/h7-8H,2-6,9-10,15H2,1H3,(H,18,19). The summed E-state index contributed by atoms with van der Waals surface area (Å²) in [6, 6.07) is 0. The molecule has 19 heavy (non-hydrogen) atoms. The molecule has 0 radical (unpaired) electrons. The largest absolute Gasteiger partial charge is 0.350 e. The molecular weight excluding hydrogens is 240 g/mol. The zero-order chi connectivity index (χ0) is 13.7. The van der Waals surface area contributed by atoms with Crippen molar-refractivity contribution < 1.29 is 4.79 Å². The fraction of sp³-hybridized carbons (Fsp3) is 0.643. The molecular formula is C14H22N4O. The van der Waals surface area contributed by atoms with Crippen molar-refractivity contribution in [2.75, 3.05) is 6.54 Å². The topological polar surface area (TPSA) is 80.9 Å². The molecule has 0 aliphatic heterocycles. The van der Waals surface area contributed by atoms with Gasteiger partial charge in [-0.2, -0.15) is 0 Å². The van der Waals surface area contributed by atoms with Gasteiger partial charge in [0.1, 0.15) is 0 Å². The van der Waals surface area contributed by atoms with E-state index >= 15 is 0 Å². The Hall–Kier alpha value is -1.49. The Morgan fingerprint density at radius 2 is 2.05 bits per heavy atom. The second-order valence-corrected chi connectivity index (χ2v) is 5.38. The Kier molecular flexibility index (Phi) is 4.47. The van der Waals surface area contributed by atoms with Gasteiger partial charge >= 0.3 is 0 Å². The Bertz CT molecular complexity index is 424. The number of hydrogen-bond acceptors (Lipinski definition) is 4. The molecule has 1 heterocycles. The van der Waals surface area contributed by atoms with Crippen molar-refractivity contribution in [2.24, 2.45) is 11.1 Å². The van der Waals surface area contributed by atoms with E-state index in [4.69, 9.17) is 5.73 Å². The fourth-order valence-electron chi connectivity index (χ4n) is 2.62. The van der Waals surface area contributed by atoms with Crippen LogP contribution in [0.2, 0.25) is 0 Å². The highest BCUT2D eigenvalue weighted by molar-refractivity contribution is 5.82. The van der Waals surface area contributed by atoms with E-state index in [0.29, 0.717) is 13.1 Å². The molecule has 0 atom stereocenters. The van der Waals surface area contributed by atoms with Crippen LogP contribution in [0.25, 0.3) is 0 Å². The molecule has 0 saturated heterocycles. The van der Waals surface area contributed by atoms with Crippen LogP contribution in [0.15, 0.2) is 12.4 Å². The van der Waals surface area contributed by atoms with Gasteiger partial charge in [-0.3, -0.25) is 14.8 Å². The Morgan fingerprint density at radius 1 is 1.32 bits per heavy atom. The summed E-state index contributed by atoms with van der Waals surface area (Å²) < 4.78 is 0. The minimum atomic E-state index is -0.365. The summed E-state index contributed by atoms with van der Waals surface area (Å²) >= 11 is 0. The first-order valence-electron chi connectivity index (χ1n) is 6.92. The zero-order valence-corrected chi connectivity index (χ0v) is 11.5. The van der Waals surface area contributed by atoms with Crippen molar-refractivity contribution in [3.8, 4) is 0 Å². The predicted octanol–water partition coefficient (Wildman–Crippen LogP) is 1.31. The average Bonchev–Trinajstić information content (AvgIpc) is 2.47. The van der Waals surface area contributed by atoms with Crippen molar-refractivity contribution >= 4 is 5.91 Å². The second kappa shape index (κ2) is 6.10. The van der Waals surface area contributed by atoms with Gasteiger partial charge in [-0.05, 0) is 19.8 Å². The lowest BCUT2D eigenvalue weighted by Crippen LogP contribution is -2.47. The van der Waals surface area contributed by atoms with Crippen LogP contribution < -0.4 is 11.1 Å². The Balaban J connectivity index is 1.94. The number of aryl methyl sites for hydroxylation is 1. The van der Waals surface area contributed by atoms with Gasteiger partial charge in [0, 0.05) is 12.7 Å². The maximum Gasteiger partial charge on any atom is 0.227 e. The summed E-state index contributed by atoms with van der Waals surface area (Å²) in [5.41, 5.74) is 7.13. The van der Waals surface area contributed by atoms with Gasteiger partial charge in [-0.15, -0.1) is 0 Å². The minimum absolute atomic E-state index is 0.0667. The third-order valence-corrected chi connectivity index (χ3v) is 3.95. The third-order valence-electron chi connectivity index (χ3n) is 3.95. The minimum Gasteiger partial charge on any atom is -0.350 e. The van der Waals surface area contributed by atoms with Crippen molar-refractivity contribution in [2.45, 2.75) is 45.6 Å². The molecule has 0 unspecified atom stereocenters. The lowest BCUT2D eigenvalue weighted by molar-refractivity contribution is -0.132. The molecule has 0 aromatic carbocycles. The van der Waals surface area contributed by atoms with E-state index in [9.17, 15) is 4.79 Å². The van der Waals surface area contributed by atoms with Crippen molar-refractivity contribution in [1.29, 1.82) is 0 Å². The van der Waals surface area contributed by atoms with Crippen LogP contribution in [0, 0.1) is 12.3 Å². The lowest BCUT2D eigenvalue weighted by Gasteiger charge is -2.34. The summed E-state index contributed by atoms with van der Waals surface area (Å²) in [5.74, 6) is 0.0667. The molecule has 1 aromatic heterocycles. The summed E-state index contributed by atoms with van der Waals surface area (Å²) in [6.45, 7) is 2.74. The maximum atomic E-state index is 12.4. The highest BCUT2D eigenvalue weighted by atomic mass is 16.2. The average molecular weight is 262 g/mol. The van der Waals surface area contributed by atoms with Crippen LogP contribution >= 0.6 is 0 Å². The SMILES string of the molecule is Cc1cnc(CNC(=O)C2(CN)CCCCC2)cn1. The molecule has 104 valence electrons. The van der Waals surface area contributed by atoms with Crippen LogP contribution in [0.4, 0.5) is 0 Å². The molecule has 1 fully saturated rings. The highest BCUT2D eigenvalue weighted by Gasteiger charge is 2.37. The van der Waals surface area contributed by atoms with Gasteiger partial charge in [-0.1, -0.05) is 19.3 Å². The molecule has 1 aromatic rings. The number of hydrogen-bond donors (Lipinski definition) is 2. The second-order valence-electron chi connectivity index (χ2n) is 5.38. The van der Waals surface area contributed by atoms with Crippen LogP contribution in [0.3, 0.4) is 0 Å². The zero-order valence-electron chi connectivity index (χ0n) is 11.5. The van der Waals surface area contributed by atoms with Crippen LogP contribution in [-0.2, 0) is 11.3 Å². The van der Waals surface area contributed by atoms with Gasteiger partial charge in [0.25, 0.3) is 0 Å². The number of rotatable bonds is 4. The van der Waals surface area contributed by atoms with E-state index in [2.05, 4.69) is 15.3 Å². The number of carbonyl (C=O) groups excluding carboxylic acids is 1. The first-order chi connectivity index (χ1) is 9.16. The first kappa shape index (κ1) is 13.9. The number of carbonyl (C=O) groups is 1. The predicted molar refractivity (Wildman–Crippen MR) is 73.2 cm³/mol. The van der Waals surface area contributed by atoms with Crippen molar-refractivity contribution in [3.63, 3.8) is 0 Å². The van der Waals surface area contributed by atoms with Gasteiger partial charge in [0.05, 0.1) is 29.5 Å². The van der Waals surface area contributed by atoms with Gasteiger partial charge in [0.2, 0.25) is 5.91 Å². The maximum absolute atomic E-state index is 12.4. The molecule has 2 rings (SSSR count). The number of nitrogens with two attached hydrogens (primary N) is 1. The molecule has 5 heteroatoms. The van der Waals surface area contributed by atoms with Gasteiger partial charge < -0.3 is 11.1 Å². The van der Waals surface area contributed by atoms with E-state index in [0.717, 1.165) is 37.1 Å². The smallest absolute Gasteiger partial charge is 0.227 e. The monoisotopic (exact) mass is 262 g/mol. The molecule has 1 saturated carbocycles. The number of nitrogens with zero attached hydrogens (tertiary/aromatic N) is 2. The normalized spacial score (nSPS) is 18.0. The first-order valence-corrected chi connectivity index (χ1v) is 6.92. The van der Waals surface area contributed by atoms with Crippen LogP contribution in [0.1, 0.15) is 43.5 Å². The molecule has 1 aliphatic rings. The van der Waals surface area contributed by atoms with Crippen LogP contribution in [0.5, 0.6) is 0 Å². The molecule has 3 N–H and O–H groups in total. The summed E-state index contributed by atoms with van der Waals surface area (Å²) in [5, 5.41) is 2.96. The third kappa shape index (κ3) is 3.29. The fourth-order valence-corrected chi connectivity index (χ4v) is 2.62. The van der Waals surface area contributed by atoms with Gasteiger partial charge in [0.15, 0.2) is 0 Å². The molecule has 5 nitrogen and oxygen atoms in total. The summed E-state index contributed by atoms with van der Waals surface area (Å²) in [7, 11) is 0.